The van der Waals surface area contributed by atoms with Crippen molar-refractivity contribution in [1.29, 1.82) is 0 Å². The predicted octanol–water partition coefficient (Wildman–Crippen LogP) is 3.52. The van der Waals surface area contributed by atoms with Gasteiger partial charge in [-0.3, -0.25) is 0 Å². The molecule has 1 N–H and O–H groups in total. The van der Waals surface area contributed by atoms with E-state index in [4.69, 9.17) is 0 Å². The Labute approximate surface area is 115 Å². The molecule has 0 aromatic rings. The second-order valence-corrected chi connectivity index (χ2v) is 7.04. The fraction of sp³-hybridized carbons (Fsp3) is 1.00. The highest BCUT2D eigenvalue weighted by Gasteiger charge is 2.28. The van der Waals surface area contributed by atoms with Crippen LogP contribution in [0.25, 0.3) is 0 Å². The van der Waals surface area contributed by atoms with Gasteiger partial charge in [-0.25, -0.2) is 0 Å². The zero-order valence-corrected chi connectivity index (χ0v) is 13.3. The average Bonchev–Trinajstić information content (AvgIpc) is 2.82. The standard InChI is InChI=1S/C16H34N2/c1-6-16(4,12-17-11-14(2)3)13-18(5)15-9-7-8-10-15/h14-15,17H,6-13H2,1-5H3. The molecule has 0 heterocycles. The molecule has 1 atom stereocenters. The summed E-state index contributed by atoms with van der Waals surface area (Å²) in [7, 11) is 2.33. The summed E-state index contributed by atoms with van der Waals surface area (Å²) < 4.78 is 0. The van der Waals surface area contributed by atoms with E-state index in [2.05, 4.69) is 45.0 Å². The Hall–Kier alpha value is -0.0800. The van der Waals surface area contributed by atoms with Crippen molar-refractivity contribution in [3.8, 4) is 0 Å². The Morgan fingerprint density at radius 2 is 1.89 bits per heavy atom. The van der Waals surface area contributed by atoms with Crippen LogP contribution in [0.3, 0.4) is 0 Å². The second kappa shape index (κ2) is 7.49. The first kappa shape index (κ1) is 16.0. The maximum Gasteiger partial charge on any atom is 0.00924 e. The maximum absolute atomic E-state index is 3.65. The summed E-state index contributed by atoms with van der Waals surface area (Å²) in [6.45, 7) is 12.9. The van der Waals surface area contributed by atoms with E-state index in [1.165, 1.54) is 38.6 Å². The van der Waals surface area contributed by atoms with Crippen molar-refractivity contribution in [3.05, 3.63) is 0 Å². The van der Waals surface area contributed by atoms with Crippen molar-refractivity contribution in [2.75, 3.05) is 26.7 Å². The molecule has 2 heteroatoms. The molecule has 1 rings (SSSR count). The molecule has 1 aliphatic carbocycles. The molecule has 0 amide bonds. The van der Waals surface area contributed by atoms with Gasteiger partial charge in [0.2, 0.25) is 0 Å². The quantitative estimate of drug-likeness (QED) is 0.713. The Balaban J connectivity index is 2.37. The van der Waals surface area contributed by atoms with Gasteiger partial charge in [-0.2, -0.15) is 0 Å². The van der Waals surface area contributed by atoms with Gasteiger partial charge in [0.05, 0.1) is 0 Å². The Morgan fingerprint density at radius 1 is 1.28 bits per heavy atom. The van der Waals surface area contributed by atoms with Crippen molar-refractivity contribution in [1.82, 2.24) is 10.2 Å². The van der Waals surface area contributed by atoms with Gasteiger partial charge >= 0.3 is 0 Å². The van der Waals surface area contributed by atoms with Crippen LogP contribution in [0, 0.1) is 11.3 Å². The van der Waals surface area contributed by atoms with Crippen molar-refractivity contribution >= 4 is 0 Å². The van der Waals surface area contributed by atoms with Gasteiger partial charge in [0.15, 0.2) is 0 Å². The zero-order valence-electron chi connectivity index (χ0n) is 13.3. The largest absolute Gasteiger partial charge is 0.316 e. The summed E-state index contributed by atoms with van der Waals surface area (Å²) in [6, 6.07) is 0.848. The smallest absolute Gasteiger partial charge is 0.00924 e. The third-order valence-corrected chi connectivity index (χ3v) is 4.54. The van der Waals surface area contributed by atoms with E-state index in [0.717, 1.165) is 25.0 Å². The minimum absolute atomic E-state index is 0.423. The van der Waals surface area contributed by atoms with Gasteiger partial charge in [-0.15, -0.1) is 0 Å². The van der Waals surface area contributed by atoms with Gasteiger partial charge in [0, 0.05) is 19.1 Å². The summed E-state index contributed by atoms with van der Waals surface area (Å²) >= 11 is 0. The molecule has 2 nitrogen and oxygen atoms in total. The van der Waals surface area contributed by atoms with Crippen LogP contribution in [0.2, 0.25) is 0 Å². The molecular weight excluding hydrogens is 220 g/mol. The van der Waals surface area contributed by atoms with Crippen LogP contribution in [0.1, 0.15) is 59.8 Å². The molecule has 1 aliphatic rings. The molecule has 0 aliphatic heterocycles. The van der Waals surface area contributed by atoms with Gasteiger partial charge in [-0.05, 0) is 44.2 Å². The summed E-state index contributed by atoms with van der Waals surface area (Å²) in [5, 5.41) is 3.65. The SMILES string of the molecule is CCC(C)(CNCC(C)C)CN(C)C1CCCC1. The second-order valence-electron chi connectivity index (χ2n) is 7.04. The lowest BCUT2D eigenvalue weighted by Crippen LogP contribution is -2.44. The monoisotopic (exact) mass is 254 g/mol. The Morgan fingerprint density at radius 3 is 2.39 bits per heavy atom. The molecule has 0 spiro atoms. The highest BCUT2D eigenvalue weighted by Crippen LogP contribution is 2.27. The van der Waals surface area contributed by atoms with E-state index in [9.17, 15) is 0 Å². The van der Waals surface area contributed by atoms with Gasteiger partial charge in [-0.1, -0.05) is 40.5 Å². The molecule has 1 fully saturated rings. The Bertz CT molecular complexity index is 221. The maximum atomic E-state index is 3.65. The Kier molecular flexibility index (Phi) is 6.65. The van der Waals surface area contributed by atoms with E-state index in [0.29, 0.717) is 5.41 Å². The average molecular weight is 254 g/mol. The molecule has 0 aromatic heterocycles. The third-order valence-electron chi connectivity index (χ3n) is 4.54. The van der Waals surface area contributed by atoms with Crippen LogP contribution >= 0.6 is 0 Å². The lowest BCUT2D eigenvalue weighted by atomic mass is 9.86. The number of nitrogens with one attached hydrogen (secondary N) is 1. The molecule has 1 unspecified atom stereocenters. The van der Waals surface area contributed by atoms with Gasteiger partial charge < -0.3 is 10.2 Å². The first-order chi connectivity index (χ1) is 8.47. The van der Waals surface area contributed by atoms with Crippen molar-refractivity contribution in [2.24, 2.45) is 11.3 Å². The third kappa shape index (κ3) is 5.27. The predicted molar refractivity (Wildman–Crippen MR) is 81.0 cm³/mol. The van der Waals surface area contributed by atoms with Crippen molar-refractivity contribution < 1.29 is 0 Å². The van der Waals surface area contributed by atoms with E-state index < -0.39 is 0 Å². The molecular formula is C16H34N2. The first-order valence-corrected chi connectivity index (χ1v) is 7.88. The molecule has 1 saturated carbocycles. The zero-order chi connectivity index (χ0) is 13.6. The van der Waals surface area contributed by atoms with Gasteiger partial charge in [0.25, 0.3) is 0 Å². The fourth-order valence-electron chi connectivity index (χ4n) is 3.03. The lowest BCUT2D eigenvalue weighted by molar-refractivity contribution is 0.141. The molecule has 0 aromatic carbocycles. The van der Waals surface area contributed by atoms with Crippen LogP contribution in [-0.4, -0.2) is 37.6 Å². The van der Waals surface area contributed by atoms with E-state index in [1.54, 1.807) is 0 Å². The minimum Gasteiger partial charge on any atom is -0.316 e. The lowest BCUT2D eigenvalue weighted by Gasteiger charge is -2.36. The van der Waals surface area contributed by atoms with E-state index in [1.807, 2.05) is 0 Å². The van der Waals surface area contributed by atoms with Crippen LogP contribution < -0.4 is 5.32 Å². The van der Waals surface area contributed by atoms with Crippen molar-refractivity contribution in [3.63, 3.8) is 0 Å². The molecule has 108 valence electrons. The van der Waals surface area contributed by atoms with E-state index >= 15 is 0 Å². The normalized spacial score (nSPS) is 20.8. The van der Waals surface area contributed by atoms with Crippen molar-refractivity contribution in [2.45, 2.75) is 65.8 Å². The highest BCUT2D eigenvalue weighted by molar-refractivity contribution is 4.83. The molecule has 0 saturated heterocycles. The summed E-state index contributed by atoms with van der Waals surface area (Å²) in [6.07, 6.45) is 6.95. The summed E-state index contributed by atoms with van der Waals surface area (Å²) in [5.74, 6) is 0.749. The summed E-state index contributed by atoms with van der Waals surface area (Å²) in [5.41, 5.74) is 0.423. The minimum atomic E-state index is 0.423. The number of rotatable bonds is 8. The molecule has 0 radical (unpaired) electrons. The number of hydrogen-bond acceptors (Lipinski definition) is 2. The topological polar surface area (TPSA) is 15.3 Å². The van der Waals surface area contributed by atoms with Crippen LogP contribution in [0.15, 0.2) is 0 Å². The molecule has 18 heavy (non-hydrogen) atoms. The first-order valence-electron chi connectivity index (χ1n) is 7.88. The number of nitrogens with zero attached hydrogens (tertiary/aromatic N) is 1. The van der Waals surface area contributed by atoms with Crippen LogP contribution in [-0.2, 0) is 0 Å². The highest BCUT2D eigenvalue weighted by atomic mass is 15.1. The van der Waals surface area contributed by atoms with Gasteiger partial charge in [0.1, 0.15) is 0 Å². The van der Waals surface area contributed by atoms with E-state index in [-0.39, 0.29) is 0 Å². The van der Waals surface area contributed by atoms with Crippen LogP contribution in [0.5, 0.6) is 0 Å². The summed E-state index contributed by atoms with van der Waals surface area (Å²) in [4.78, 5) is 2.62. The number of hydrogen-bond donors (Lipinski definition) is 1. The molecule has 0 bridgehead atoms. The fourth-order valence-corrected chi connectivity index (χ4v) is 3.03. The van der Waals surface area contributed by atoms with Crippen LogP contribution in [0.4, 0.5) is 0 Å².